The Morgan fingerprint density at radius 1 is 1.23 bits per heavy atom. The maximum Gasteiger partial charge on any atom is 0.248 e. The van der Waals surface area contributed by atoms with Crippen molar-refractivity contribution >= 4 is 34.4 Å². The quantitative estimate of drug-likeness (QED) is 0.204. The van der Waals surface area contributed by atoms with E-state index in [1.807, 2.05) is 0 Å². The Hall–Kier alpha value is -2.01. The molecule has 1 aliphatic carbocycles. The Bertz CT molecular complexity index is 1000. The van der Waals surface area contributed by atoms with Gasteiger partial charge in [0.1, 0.15) is 18.8 Å². The van der Waals surface area contributed by atoms with Gasteiger partial charge in [-0.2, -0.15) is 0 Å². The Kier molecular flexibility index (Phi) is 12.7. The maximum atomic E-state index is 13.2. The van der Waals surface area contributed by atoms with Crippen LogP contribution < -0.4 is 14.8 Å². The topological polar surface area (TPSA) is 150 Å². The van der Waals surface area contributed by atoms with E-state index in [-0.39, 0.29) is 38.7 Å². The van der Waals surface area contributed by atoms with Crippen LogP contribution in [-0.4, -0.2) is 129 Å². The number of methoxy groups -OCH3 is 2. The van der Waals surface area contributed by atoms with Crippen molar-refractivity contribution in [2.24, 2.45) is 0 Å². The molecule has 1 heterocycles. The number of nitrogens with one attached hydrogen (secondary N) is 1. The van der Waals surface area contributed by atoms with Crippen molar-refractivity contribution in [1.29, 1.82) is 0 Å². The molecule has 3 atom stereocenters. The van der Waals surface area contributed by atoms with Gasteiger partial charge in [-0.15, -0.1) is 0 Å². The number of hydrogen-bond donors (Lipinski definition) is 4. The molecule has 4 N–H and O–H groups in total. The van der Waals surface area contributed by atoms with Crippen molar-refractivity contribution < 1.29 is 43.9 Å². The second-order valence-corrected chi connectivity index (χ2v) is 10.4. The van der Waals surface area contributed by atoms with E-state index in [2.05, 4.69) is 32.8 Å². The number of aliphatic hydroxyl groups excluding tert-OH is 3. The predicted octanol–water partition coefficient (Wildman–Crippen LogP) is -0.485. The van der Waals surface area contributed by atoms with E-state index in [0.29, 0.717) is 52.5 Å². The van der Waals surface area contributed by atoms with Crippen molar-refractivity contribution in [3.63, 3.8) is 0 Å². The van der Waals surface area contributed by atoms with Gasteiger partial charge in [-0.25, -0.2) is 0 Å². The Morgan fingerprint density at radius 2 is 1.97 bits per heavy atom. The molecule has 2 aliphatic rings. The van der Waals surface area contributed by atoms with Gasteiger partial charge in [0.25, 0.3) is 0 Å². The van der Waals surface area contributed by atoms with E-state index in [0.717, 1.165) is 13.1 Å². The molecule has 1 aromatic carbocycles. The SMILES string of the molecule is COCC(=O)N(CCN1CCOCC1)C1CC(C(=O)NCCO)=CC(Oc2c(I)cc(CO)cc2OC)C1O. The lowest BCUT2D eigenvalue weighted by Crippen LogP contribution is -2.57. The van der Waals surface area contributed by atoms with Gasteiger partial charge in [0, 0.05) is 51.8 Å². The van der Waals surface area contributed by atoms with Crippen LogP contribution in [0.5, 0.6) is 11.5 Å². The first-order valence-corrected chi connectivity index (χ1v) is 13.9. The molecule has 1 fully saturated rings. The standard InChI is InChI=1S/C26H38IN3O9/c1-36-16-23(33)30(5-4-29-6-9-38-10-7-29)20-13-18(26(35)28-3-8-31)14-21(24(20)34)39-25-19(27)11-17(15-32)12-22(25)37-2/h11-12,14,20-21,24,31-32,34H,3-10,13,15-16H2,1-2H3,(H,28,35). The summed E-state index contributed by atoms with van der Waals surface area (Å²) >= 11 is 2.05. The average molecular weight is 664 g/mol. The Labute approximate surface area is 242 Å². The van der Waals surface area contributed by atoms with Gasteiger partial charge >= 0.3 is 0 Å². The molecule has 39 heavy (non-hydrogen) atoms. The Balaban J connectivity index is 1.94. The summed E-state index contributed by atoms with van der Waals surface area (Å²) < 4.78 is 22.9. The summed E-state index contributed by atoms with van der Waals surface area (Å²) in [5, 5.41) is 33.0. The molecule has 0 radical (unpaired) electrons. The second-order valence-electron chi connectivity index (χ2n) is 9.26. The summed E-state index contributed by atoms with van der Waals surface area (Å²) in [4.78, 5) is 29.9. The zero-order valence-corrected chi connectivity index (χ0v) is 24.5. The maximum absolute atomic E-state index is 13.2. The summed E-state index contributed by atoms with van der Waals surface area (Å²) in [6, 6.07) is 2.60. The van der Waals surface area contributed by atoms with Crippen LogP contribution in [0.15, 0.2) is 23.8 Å². The number of carbonyl (C=O) groups is 2. The largest absolute Gasteiger partial charge is 0.493 e. The highest BCUT2D eigenvalue weighted by atomic mass is 127. The highest BCUT2D eigenvalue weighted by molar-refractivity contribution is 14.1. The molecule has 0 aromatic heterocycles. The minimum atomic E-state index is -1.18. The molecular formula is C26H38IN3O9. The fourth-order valence-electron chi connectivity index (χ4n) is 4.65. The second kappa shape index (κ2) is 15.7. The van der Waals surface area contributed by atoms with Crippen molar-refractivity contribution in [3.05, 3.63) is 32.9 Å². The zero-order valence-electron chi connectivity index (χ0n) is 22.3. The third-order valence-electron chi connectivity index (χ3n) is 6.69. The number of morpholine rings is 1. The number of rotatable bonds is 13. The van der Waals surface area contributed by atoms with Crippen LogP contribution in [0.3, 0.4) is 0 Å². The molecule has 1 saturated heterocycles. The van der Waals surface area contributed by atoms with E-state index < -0.39 is 24.2 Å². The van der Waals surface area contributed by atoms with E-state index in [1.54, 1.807) is 23.1 Å². The lowest BCUT2D eigenvalue weighted by Gasteiger charge is -2.41. The average Bonchev–Trinajstić information content (AvgIpc) is 2.94. The van der Waals surface area contributed by atoms with Crippen LogP contribution >= 0.6 is 22.6 Å². The van der Waals surface area contributed by atoms with Gasteiger partial charge in [-0.05, 0) is 46.4 Å². The predicted molar refractivity (Wildman–Crippen MR) is 149 cm³/mol. The highest BCUT2D eigenvalue weighted by Gasteiger charge is 2.41. The van der Waals surface area contributed by atoms with Gasteiger partial charge in [0.05, 0.1) is 43.1 Å². The van der Waals surface area contributed by atoms with Gasteiger partial charge < -0.3 is 44.5 Å². The molecule has 12 nitrogen and oxygen atoms in total. The number of ether oxygens (including phenoxy) is 4. The fourth-order valence-corrected chi connectivity index (χ4v) is 5.44. The number of aliphatic hydroxyl groups is 3. The number of carbonyl (C=O) groups excluding carboxylic acids is 2. The lowest BCUT2D eigenvalue weighted by molar-refractivity contribution is -0.143. The van der Waals surface area contributed by atoms with Crippen LogP contribution in [0, 0.1) is 3.57 Å². The molecule has 1 aliphatic heterocycles. The lowest BCUT2D eigenvalue weighted by atomic mass is 9.88. The first-order valence-electron chi connectivity index (χ1n) is 12.8. The van der Waals surface area contributed by atoms with Crippen molar-refractivity contribution in [2.75, 3.05) is 73.4 Å². The monoisotopic (exact) mass is 663 g/mol. The van der Waals surface area contributed by atoms with Gasteiger partial charge in [0.15, 0.2) is 11.5 Å². The number of nitrogens with zero attached hydrogens (tertiary/aromatic N) is 2. The van der Waals surface area contributed by atoms with Crippen molar-refractivity contribution in [3.8, 4) is 11.5 Å². The van der Waals surface area contributed by atoms with Crippen LogP contribution in [0.4, 0.5) is 0 Å². The number of amides is 2. The minimum absolute atomic E-state index is 0.0621. The first kappa shape index (κ1) is 31.5. The molecular weight excluding hydrogens is 625 g/mol. The normalized spacial score (nSPS) is 21.7. The van der Waals surface area contributed by atoms with Gasteiger partial charge in [0.2, 0.25) is 11.8 Å². The van der Waals surface area contributed by atoms with Crippen molar-refractivity contribution in [2.45, 2.75) is 31.3 Å². The van der Waals surface area contributed by atoms with Crippen LogP contribution in [-0.2, 0) is 25.7 Å². The minimum Gasteiger partial charge on any atom is -0.493 e. The molecule has 3 unspecified atom stereocenters. The van der Waals surface area contributed by atoms with Crippen LogP contribution in [0.25, 0.3) is 0 Å². The van der Waals surface area contributed by atoms with E-state index in [4.69, 9.17) is 18.9 Å². The fraction of sp³-hybridized carbons (Fsp3) is 0.615. The number of benzene rings is 1. The summed E-state index contributed by atoms with van der Waals surface area (Å²) in [7, 11) is 2.90. The molecule has 2 amide bonds. The number of hydrogen-bond acceptors (Lipinski definition) is 10. The third-order valence-corrected chi connectivity index (χ3v) is 7.49. The molecule has 0 saturated carbocycles. The summed E-state index contributed by atoms with van der Waals surface area (Å²) in [6.07, 6.45) is -0.538. The highest BCUT2D eigenvalue weighted by Crippen LogP contribution is 2.37. The van der Waals surface area contributed by atoms with Crippen molar-refractivity contribution in [1.82, 2.24) is 15.1 Å². The number of halogens is 1. The van der Waals surface area contributed by atoms with E-state index >= 15 is 0 Å². The molecule has 0 spiro atoms. The first-order chi connectivity index (χ1) is 18.8. The summed E-state index contributed by atoms with van der Waals surface area (Å²) in [5.41, 5.74) is 0.955. The smallest absolute Gasteiger partial charge is 0.248 e. The molecule has 3 rings (SSSR count). The van der Waals surface area contributed by atoms with Gasteiger partial charge in [-0.3, -0.25) is 14.5 Å². The zero-order chi connectivity index (χ0) is 28.4. The van der Waals surface area contributed by atoms with E-state index in [9.17, 15) is 24.9 Å². The van der Waals surface area contributed by atoms with E-state index in [1.165, 1.54) is 14.2 Å². The molecule has 218 valence electrons. The molecule has 0 bridgehead atoms. The summed E-state index contributed by atoms with van der Waals surface area (Å²) in [6.45, 7) is 3.05. The Morgan fingerprint density at radius 3 is 2.62 bits per heavy atom. The summed E-state index contributed by atoms with van der Waals surface area (Å²) in [5.74, 6) is -0.0294. The third kappa shape index (κ3) is 8.49. The van der Waals surface area contributed by atoms with Gasteiger partial charge in [-0.1, -0.05) is 0 Å². The molecule has 1 aromatic rings. The van der Waals surface area contributed by atoms with Crippen LogP contribution in [0.2, 0.25) is 0 Å². The van der Waals surface area contributed by atoms with Crippen LogP contribution in [0.1, 0.15) is 12.0 Å². The molecule has 13 heteroatoms.